The SMILES string of the molecule is CCc1cc2c(=O)n(CCCC(=O)O)c(Cc3cccc4ccccc34)nc2s1. The molecule has 0 radical (unpaired) electrons. The number of aryl methyl sites for hydroxylation is 1. The predicted octanol–water partition coefficient (Wildman–Crippen LogP) is 4.63. The fourth-order valence-corrected chi connectivity index (χ4v) is 4.63. The fraction of sp³-hybridized carbons (Fsp3) is 0.261. The zero-order valence-corrected chi connectivity index (χ0v) is 17.0. The van der Waals surface area contributed by atoms with Crippen LogP contribution in [0.25, 0.3) is 21.0 Å². The zero-order chi connectivity index (χ0) is 20.4. The molecule has 0 unspecified atom stereocenters. The van der Waals surface area contributed by atoms with E-state index < -0.39 is 5.97 Å². The molecule has 6 heteroatoms. The van der Waals surface area contributed by atoms with E-state index in [1.54, 1.807) is 15.9 Å². The molecule has 2 aromatic carbocycles. The quantitative estimate of drug-likeness (QED) is 0.486. The number of hydrogen-bond donors (Lipinski definition) is 1. The molecule has 0 bridgehead atoms. The molecular weight excluding hydrogens is 384 g/mol. The third kappa shape index (κ3) is 3.93. The van der Waals surface area contributed by atoms with Gasteiger partial charge in [0.05, 0.1) is 5.39 Å². The molecule has 4 aromatic rings. The van der Waals surface area contributed by atoms with Crippen LogP contribution in [-0.4, -0.2) is 20.6 Å². The first-order chi connectivity index (χ1) is 14.1. The molecule has 0 saturated heterocycles. The Morgan fingerprint density at radius 2 is 1.93 bits per heavy atom. The number of benzene rings is 2. The standard InChI is InChI=1S/C23H22N2O3S/c1-2-17-14-19-22(29-17)24-20(25(23(19)28)12-6-11-21(26)27)13-16-9-5-8-15-7-3-4-10-18(15)16/h3-5,7-10,14H,2,6,11-13H2,1H3,(H,26,27). The molecule has 0 amide bonds. The summed E-state index contributed by atoms with van der Waals surface area (Å²) in [5.41, 5.74) is 1.03. The van der Waals surface area contributed by atoms with Crippen LogP contribution in [0.2, 0.25) is 0 Å². The van der Waals surface area contributed by atoms with Crippen LogP contribution in [0.5, 0.6) is 0 Å². The van der Waals surface area contributed by atoms with Crippen molar-refractivity contribution in [1.29, 1.82) is 0 Å². The summed E-state index contributed by atoms with van der Waals surface area (Å²) in [6.45, 7) is 2.42. The molecule has 2 aromatic heterocycles. The highest BCUT2D eigenvalue weighted by atomic mass is 32.1. The number of rotatable bonds is 7. The molecule has 5 nitrogen and oxygen atoms in total. The van der Waals surface area contributed by atoms with Crippen LogP contribution in [0, 0.1) is 0 Å². The van der Waals surface area contributed by atoms with Crippen molar-refractivity contribution < 1.29 is 9.90 Å². The maximum atomic E-state index is 13.2. The van der Waals surface area contributed by atoms with E-state index in [2.05, 4.69) is 31.2 Å². The maximum Gasteiger partial charge on any atom is 0.303 e. The van der Waals surface area contributed by atoms with Gasteiger partial charge in [-0.1, -0.05) is 49.4 Å². The summed E-state index contributed by atoms with van der Waals surface area (Å²) in [5.74, 6) is -0.166. The van der Waals surface area contributed by atoms with Crippen molar-refractivity contribution in [2.75, 3.05) is 0 Å². The Labute approximate surface area is 172 Å². The lowest BCUT2D eigenvalue weighted by atomic mass is 10.0. The Hall–Kier alpha value is -2.99. The number of carbonyl (C=O) groups is 1. The number of thiophene rings is 1. The van der Waals surface area contributed by atoms with Crippen LogP contribution in [-0.2, 0) is 24.2 Å². The van der Waals surface area contributed by atoms with Gasteiger partial charge >= 0.3 is 5.97 Å². The first-order valence-electron chi connectivity index (χ1n) is 9.77. The average Bonchev–Trinajstić information content (AvgIpc) is 3.14. The first-order valence-corrected chi connectivity index (χ1v) is 10.6. The topological polar surface area (TPSA) is 72.2 Å². The third-order valence-corrected chi connectivity index (χ3v) is 6.30. The average molecular weight is 407 g/mol. The zero-order valence-electron chi connectivity index (χ0n) is 16.2. The molecule has 0 aliphatic carbocycles. The van der Waals surface area contributed by atoms with Crippen LogP contribution in [0.4, 0.5) is 0 Å². The van der Waals surface area contributed by atoms with Gasteiger partial charge in [-0.05, 0) is 35.2 Å². The van der Waals surface area contributed by atoms with Crippen LogP contribution < -0.4 is 5.56 Å². The van der Waals surface area contributed by atoms with E-state index in [9.17, 15) is 9.59 Å². The van der Waals surface area contributed by atoms with Gasteiger partial charge in [0.15, 0.2) is 0 Å². The van der Waals surface area contributed by atoms with E-state index in [1.807, 2.05) is 24.3 Å². The van der Waals surface area contributed by atoms with Gasteiger partial charge < -0.3 is 5.11 Å². The van der Waals surface area contributed by atoms with Crippen LogP contribution in [0.15, 0.2) is 53.3 Å². The number of carboxylic acid groups (broad SMARTS) is 1. The summed E-state index contributed by atoms with van der Waals surface area (Å²) in [5, 5.41) is 11.9. The highest BCUT2D eigenvalue weighted by Crippen LogP contribution is 2.25. The summed E-state index contributed by atoms with van der Waals surface area (Å²) in [4.78, 5) is 30.9. The van der Waals surface area contributed by atoms with E-state index in [1.165, 1.54) is 0 Å². The molecular formula is C23H22N2O3S. The van der Waals surface area contributed by atoms with E-state index in [0.717, 1.165) is 32.5 Å². The van der Waals surface area contributed by atoms with Gasteiger partial charge in [0.1, 0.15) is 10.7 Å². The van der Waals surface area contributed by atoms with Crippen molar-refractivity contribution in [2.24, 2.45) is 0 Å². The number of fused-ring (bicyclic) bond motifs is 2. The van der Waals surface area contributed by atoms with E-state index in [-0.39, 0.29) is 12.0 Å². The number of hydrogen-bond acceptors (Lipinski definition) is 4. The molecule has 148 valence electrons. The van der Waals surface area contributed by atoms with Gasteiger partial charge in [0.2, 0.25) is 0 Å². The molecule has 1 N–H and O–H groups in total. The van der Waals surface area contributed by atoms with Crippen molar-refractivity contribution >= 4 is 38.3 Å². The van der Waals surface area contributed by atoms with E-state index >= 15 is 0 Å². The maximum absolute atomic E-state index is 13.2. The number of nitrogens with zero attached hydrogens (tertiary/aromatic N) is 2. The number of carboxylic acids is 1. The summed E-state index contributed by atoms with van der Waals surface area (Å²) in [7, 11) is 0. The Bertz CT molecular complexity index is 1250. The van der Waals surface area contributed by atoms with Gasteiger partial charge in [-0.15, -0.1) is 11.3 Å². The van der Waals surface area contributed by atoms with Gasteiger partial charge in [-0.2, -0.15) is 0 Å². The Morgan fingerprint density at radius 1 is 1.14 bits per heavy atom. The van der Waals surface area contributed by atoms with Gasteiger partial charge in [0, 0.05) is 24.3 Å². The first kappa shape index (κ1) is 19.3. The van der Waals surface area contributed by atoms with Crippen LogP contribution in [0.3, 0.4) is 0 Å². The highest BCUT2D eigenvalue weighted by molar-refractivity contribution is 7.18. The van der Waals surface area contributed by atoms with Gasteiger partial charge in [-0.25, -0.2) is 4.98 Å². The molecule has 0 spiro atoms. The minimum atomic E-state index is -0.855. The molecule has 0 aliphatic rings. The van der Waals surface area contributed by atoms with Gasteiger partial charge in [0.25, 0.3) is 5.56 Å². The van der Waals surface area contributed by atoms with Crippen molar-refractivity contribution in [3.05, 3.63) is 75.1 Å². The predicted molar refractivity (Wildman–Crippen MR) is 117 cm³/mol. The van der Waals surface area contributed by atoms with Crippen LogP contribution >= 0.6 is 11.3 Å². The smallest absolute Gasteiger partial charge is 0.303 e. The molecule has 4 rings (SSSR count). The second-order valence-corrected chi connectivity index (χ2v) is 8.20. The molecule has 0 saturated carbocycles. The Kier molecular flexibility index (Phi) is 5.45. The third-order valence-electron chi connectivity index (χ3n) is 5.13. The minimum Gasteiger partial charge on any atom is -0.481 e. The number of aromatic nitrogens is 2. The van der Waals surface area contributed by atoms with Crippen molar-refractivity contribution in [3.63, 3.8) is 0 Å². The van der Waals surface area contributed by atoms with Crippen molar-refractivity contribution in [3.8, 4) is 0 Å². The summed E-state index contributed by atoms with van der Waals surface area (Å²) in [6.07, 6.45) is 1.81. The van der Waals surface area contributed by atoms with Crippen molar-refractivity contribution in [1.82, 2.24) is 9.55 Å². The second kappa shape index (κ2) is 8.17. The minimum absolute atomic E-state index is 0.0298. The monoisotopic (exact) mass is 406 g/mol. The molecule has 0 aliphatic heterocycles. The van der Waals surface area contributed by atoms with E-state index in [4.69, 9.17) is 10.1 Å². The summed E-state index contributed by atoms with van der Waals surface area (Å²) < 4.78 is 1.67. The molecule has 2 heterocycles. The summed E-state index contributed by atoms with van der Waals surface area (Å²) >= 11 is 1.56. The molecule has 29 heavy (non-hydrogen) atoms. The second-order valence-electron chi connectivity index (χ2n) is 7.08. The largest absolute Gasteiger partial charge is 0.481 e. The fourth-order valence-electron chi connectivity index (χ4n) is 3.65. The normalized spacial score (nSPS) is 11.3. The lowest BCUT2D eigenvalue weighted by Gasteiger charge is -2.13. The molecule has 0 fully saturated rings. The number of aliphatic carboxylic acids is 1. The Morgan fingerprint density at radius 3 is 2.72 bits per heavy atom. The van der Waals surface area contributed by atoms with Crippen molar-refractivity contribution in [2.45, 2.75) is 39.2 Å². The van der Waals surface area contributed by atoms with Gasteiger partial charge in [-0.3, -0.25) is 14.2 Å². The Balaban J connectivity index is 1.82. The summed E-state index contributed by atoms with van der Waals surface area (Å²) in [6, 6.07) is 16.2. The lowest BCUT2D eigenvalue weighted by Crippen LogP contribution is -2.25. The van der Waals surface area contributed by atoms with Crippen LogP contribution in [0.1, 0.15) is 36.0 Å². The highest BCUT2D eigenvalue weighted by Gasteiger charge is 2.15. The molecule has 0 atom stereocenters. The van der Waals surface area contributed by atoms with E-state index in [0.29, 0.717) is 30.6 Å². The lowest BCUT2D eigenvalue weighted by molar-refractivity contribution is -0.137.